The van der Waals surface area contributed by atoms with Gasteiger partial charge in [-0.2, -0.15) is 0 Å². The summed E-state index contributed by atoms with van der Waals surface area (Å²) < 4.78 is 5.41. The van der Waals surface area contributed by atoms with Gasteiger partial charge in [0.1, 0.15) is 5.82 Å². The molecule has 3 heterocycles. The number of nitrogens with zero attached hydrogens (tertiary/aromatic N) is 3. The van der Waals surface area contributed by atoms with Crippen LogP contribution in [0.3, 0.4) is 0 Å². The van der Waals surface area contributed by atoms with E-state index in [4.69, 9.17) is 4.74 Å². The lowest BCUT2D eigenvalue weighted by Crippen LogP contribution is -2.60. The maximum Gasteiger partial charge on any atom is 0.251 e. The highest BCUT2D eigenvalue weighted by atomic mass is 16.5. The summed E-state index contributed by atoms with van der Waals surface area (Å²) in [4.78, 5) is 36.2. The Morgan fingerprint density at radius 3 is 2.72 bits per heavy atom. The van der Waals surface area contributed by atoms with Crippen LogP contribution in [0.1, 0.15) is 44.1 Å². The molecule has 7 nitrogen and oxygen atoms in total. The standard InChI is InChI=1S/C18H28N4O3/c1-13-19-15(11-16(23)20-13)14-5-4-6-21(12-14)17(24)18(2,3)22-7-9-25-10-8-22/h11,14H,4-10,12H2,1-3H3,(H,19,20,23). The number of aryl methyl sites for hydroxylation is 1. The van der Waals surface area contributed by atoms with E-state index in [1.165, 1.54) is 0 Å². The van der Waals surface area contributed by atoms with E-state index in [2.05, 4.69) is 14.9 Å². The van der Waals surface area contributed by atoms with Crippen LogP contribution in [0.5, 0.6) is 0 Å². The molecule has 7 heteroatoms. The van der Waals surface area contributed by atoms with Crippen LogP contribution < -0.4 is 5.56 Å². The molecule has 2 fully saturated rings. The van der Waals surface area contributed by atoms with Crippen molar-refractivity contribution in [2.24, 2.45) is 0 Å². The highest BCUT2D eigenvalue weighted by Gasteiger charge is 2.40. The van der Waals surface area contributed by atoms with E-state index in [1.54, 1.807) is 13.0 Å². The van der Waals surface area contributed by atoms with Crippen molar-refractivity contribution in [1.29, 1.82) is 0 Å². The van der Waals surface area contributed by atoms with Crippen LogP contribution in [0.25, 0.3) is 0 Å². The minimum Gasteiger partial charge on any atom is -0.379 e. The molecular formula is C18H28N4O3. The number of amides is 1. The highest BCUT2D eigenvalue weighted by Crippen LogP contribution is 2.28. The Bertz CT molecular complexity index is 679. The Balaban J connectivity index is 1.73. The predicted octanol–water partition coefficient (Wildman–Crippen LogP) is 0.895. The third kappa shape index (κ3) is 3.93. The van der Waals surface area contributed by atoms with Gasteiger partial charge in [0.2, 0.25) is 5.91 Å². The normalized spacial score (nSPS) is 22.8. The summed E-state index contributed by atoms with van der Waals surface area (Å²) in [5, 5.41) is 0. The van der Waals surface area contributed by atoms with Crippen molar-refractivity contribution in [3.8, 4) is 0 Å². The number of H-pyrrole nitrogens is 1. The van der Waals surface area contributed by atoms with Crippen LogP contribution in [0.2, 0.25) is 0 Å². The topological polar surface area (TPSA) is 78.5 Å². The zero-order valence-corrected chi connectivity index (χ0v) is 15.4. The maximum absolute atomic E-state index is 13.2. The minimum atomic E-state index is -0.539. The molecule has 0 aliphatic carbocycles. The average Bonchev–Trinajstić information content (AvgIpc) is 2.61. The summed E-state index contributed by atoms with van der Waals surface area (Å²) in [5.74, 6) is 0.902. The zero-order chi connectivity index (χ0) is 18.0. The molecule has 0 bridgehead atoms. The van der Waals surface area contributed by atoms with Crippen molar-refractivity contribution >= 4 is 5.91 Å². The Kier molecular flexibility index (Phi) is 5.24. The molecule has 138 valence electrons. The van der Waals surface area contributed by atoms with Gasteiger partial charge in [-0.3, -0.25) is 14.5 Å². The van der Waals surface area contributed by atoms with E-state index in [9.17, 15) is 9.59 Å². The number of carbonyl (C=O) groups is 1. The molecule has 1 N–H and O–H groups in total. The molecule has 3 rings (SSSR count). The summed E-state index contributed by atoms with van der Waals surface area (Å²) in [6, 6.07) is 1.57. The van der Waals surface area contributed by atoms with Crippen LogP contribution >= 0.6 is 0 Å². The van der Waals surface area contributed by atoms with Crippen LogP contribution in [0, 0.1) is 6.92 Å². The molecule has 0 saturated carbocycles. The first-order valence-corrected chi connectivity index (χ1v) is 9.08. The van der Waals surface area contributed by atoms with Crippen molar-refractivity contribution in [3.05, 3.63) is 27.9 Å². The third-order valence-corrected chi connectivity index (χ3v) is 5.33. The third-order valence-electron chi connectivity index (χ3n) is 5.33. The van der Waals surface area contributed by atoms with Gasteiger partial charge in [0, 0.05) is 38.2 Å². The monoisotopic (exact) mass is 348 g/mol. The van der Waals surface area contributed by atoms with Crippen LogP contribution in [-0.4, -0.2) is 70.6 Å². The van der Waals surface area contributed by atoms with Gasteiger partial charge in [-0.25, -0.2) is 4.98 Å². The molecule has 1 aromatic rings. The van der Waals surface area contributed by atoms with Crippen molar-refractivity contribution in [3.63, 3.8) is 0 Å². The quantitative estimate of drug-likeness (QED) is 0.878. The molecule has 0 aromatic carbocycles. The number of piperidine rings is 1. The largest absolute Gasteiger partial charge is 0.379 e. The molecule has 1 aromatic heterocycles. The first kappa shape index (κ1) is 18.1. The lowest BCUT2D eigenvalue weighted by Gasteiger charge is -2.44. The molecule has 2 aliphatic heterocycles. The van der Waals surface area contributed by atoms with Crippen molar-refractivity contribution in [2.45, 2.75) is 45.1 Å². The van der Waals surface area contributed by atoms with Crippen molar-refractivity contribution < 1.29 is 9.53 Å². The zero-order valence-electron chi connectivity index (χ0n) is 15.4. The molecule has 1 unspecified atom stereocenters. The fourth-order valence-corrected chi connectivity index (χ4v) is 3.86. The van der Waals surface area contributed by atoms with E-state index in [-0.39, 0.29) is 17.4 Å². The summed E-state index contributed by atoms with van der Waals surface area (Å²) in [6.07, 6.45) is 1.89. The molecular weight excluding hydrogens is 320 g/mol. The maximum atomic E-state index is 13.2. The lowest BCUT2D eigenvalue weighted by molar-refractivity contribution is -0.146. The molecule has 2 aliphatic rings. The first-order chi connectivity index (χ1) is 11.9. The second-order valence-electron chi connectivity index (χ2n) is 7.50. The highest BCUT2D eigenvalue weighted by molar-refractivity contribution is 5.85. The fourth-order valence-electron chi connectivity index (χ4n) is 3.86. The van der Waals surface area contributed by atoms with Gasteiger partial charge in [-0.05, 0) is 33.6 Å². The summed E-state index contributed by atoms with van der Waals surface area (Å²) >= 11 is 0. The molecule has 1 atom stereocenters. The lowest BCUT2D eigenvalue weighted by atomic mass is 9.92. The van der Waals surface area contributed by atoms with Gasteiger partial charge in [0.15, 0.2) is 0 Å². The van der Waals surface area contributed by atoms with E-state index in [1.807, 2.05) is 18.7 Å². The van der Waals surface area contributed by atoms with Gasteiger partial charge in [0.25, 0.3) is 5.56 Å². The van der Waals surface area contributed by atoms with Crippen molar-refractivity contribution in [1.82, 2.24) is 19.8 Å². The summed E-state index contributed by atoms with van der Waals surface area (Å²) in [7, 11) is 0. The average molecular weight is 348 g/mol. The Labute approximate surface area is 148 Å². The van der Waals surface area contributed by atoms with Gasteiger partial charge in [-0.15, -0.1) is 0 Å². The van der Waals surface area contributed by atoms with Crippen molar-refractivity contribution in [2.75, 3.05) is 39.4 Å². The van der Waals surface area contributed by atoms with Crippen LogP contribution in [-0.2, 0) is 9.53 Å². The fraction of sp³-hybridized carbons (Fsp3) is 0.722. The number of aromatic amines is 1. The number of aromatic nitrogens is 2. The number of carbonyl (C=O) groups excluding carboxylic acids is 1. The summed E-state index contributed by atoms with van der Waals surface area (Å²) in [5.41, 5.74) is 0.130. The first-order valence-electron chi connectivity index (χ1n) is 9.08. The minimum absolute atomic E-state index is 0.124. The number of hydrogen-bond donors (Lipinski definition) is 1. The van der Waals surface area contributed by atoms with E-state index >= 15 is 0 Å². The number of morpholine rings is 1. The van der Waals surface area contributed by atoms with Crippen LogP contribution in [0.4, 0.5) is 0 Å². The second-order valence-corrected chi connectivity index (χ2v) is 7.50. The molecule has 1 amide bonds. The number of likely N-dealkylation sites (tertiary alicyclic amines) is 1. The number of rotatable bonds is 3. The van der Waals surface area contributed by atoms with E-state index in [0.717, 1.165) is 38.2 Å². The predicted molar refractivity (Wildman–Crippen MR) is 94.6 cm³/mol. The van der Waals surface area contributed by atoms with E-state index in [0.29, 0.717) is 25.6 Å². The molecule has 2 saturated heterocycles. The molecule has 25 heavy (non-hydrogen) atoms. The smallest absolute Gasteiger partial charge is 0.251 e. The second kappa shape index (κ2) is 7.25. The Morgan fingerprint density at radius 1 is 1.32 bits per heavy atom. The van der Waals surface area contributed by atoms with E-state index < -0.39 is 5.54 Å². The SMILES string of the molecule is Cc1nc(C2CCCN(C(=O)C(C)(C)N3CCOCC3)C2)cc(=O)[nH]1. The molecule has 0 spiro atoms. The number of ether oxygens (including phenoxy) is 1. The van der Waals surface area contributed by atoms with Crippen LogP contribution in [0.15, 0.2) is 10.9 Å². The summed E-state index contributed by atoms with van der Waals surface area (Å²) in [6.45, 7) is 10.1. The Morgan fingerprint density at radius 2 is 2.04 bits per heavy atom. The molecule has 0 radical (unpaired) electrons. The number of hydrogen-bond acceptors (Lipinski definition) is 5. The Hall–Kier alpha value is -1.73. The van der Waals surface area contributed by atoms with Gasteiger partial charge < -0.3 is 14.6 Å². The van der Waals surface area contributed by atoms with Gasteiger partial charge >= 0.3 is 0 Å². The van der Waals surface area contributed by atoms with Gasteiger partial charge in [0.05, 0.1) is 24.4 Å². The van der Waals surface area contributed by atoms with Gasteiger partial charge in [-0.1, -0.05) is 0 Å². The number of nitrogens with one attached hydrogen (secondary N) is 1.